The van der Waals surface area contributed by atoms with E-state index >= 15 is 0 Å². The number of carboxylic acid groups (broad SMARTS) is 2. The minimum absolute atomic E-state index is 0.307. The zero-order chi connectivity index (χ0) is 32.1. The van der Waals surface area contributed by atoms with E-state index in [1.165, 1.54) is 6.92 Å². The lowest BCUT2D eigenvalue weighted by Gasteiger charge is -2.35. The molecular formula is C29H32O13. The van der Waals surface area contributed by atoms with Gasteiger partial charge in [0.1, 0.15) is 11.5 Å². The highest BCUT2D eigenvalue weighted by Crippen LogP contribution is 2.44. The molecule has 2 aromatic rings. The van der Waals surface area contributed by atoms with Crippen LogP contribution in [-0.2, 0) is 30.4 Å². The SMILES string of the molecule is CC(=O)Oc1c(C)c(C)c2c(c1C)CCC(C)(C(=O)O)O2.CC(=O)Oc1cc(C(=O)O)cc(OC(C)=O)c1OC(C)=O. The van der Waals surface area contributed by atoms with Crippen molar-refractivity contribution < 1.29 is 62.7 Å². The maximum absolute atomic E-state index is 11.4. The maximum Gasteiger partial charge on any atom is 0.347 e. The summed E-state index contributed by atoms with van der Waals surface area (Å²) in [6, 6.07) is 1.96. The van der Waals surface area contributed by atoms with Crippen LogP contribution in [0, 0.1) is 20.8 Å². The Hall–Kier alpha value is -4.94. The molecule has 13 nitrogen and oxygen atoms in total. The average Bonchev–Trinajstić information content (AvgIpc) is 2.86. The van der Waals surface area contributed by atoms with Gasteiger partial charge < -0.3 is 33.9 Å². The number of rotatable bonds is 6. The molecule has 0 aliphatic carbocycles. The lowest BCUT2D eigenvalue weighted by Crippen LogP contribution is -2.44. The molecule has 3 rings (SSSR count). The zero-order valence-electron chi connectivity index (χ0n) is 24.5. The first-order valence-corrected chi connectivity index (χ1v) is 12.6. The topological polar surface area (TPSA) is 189 Å². The van der Waals surface area contributed by atoms with Crippen LogP contribution in [0.15, 0.2) is 12.1 Å². The molecule has 1 aliphatic heterocycles. The Morgan fingerprint density at radius 1 is 0.714 bits per heavy atom. The normalized spacial score (nSPS) is 15.0. The third kappa shape index (κ3) is 7.83. The van der Waals surface area contributed by atoms with Gasteiger partial charge in [0.15, 0.2) is 11.5 Å². The highest BCUT2D eigenvalue weighted by Gasteiger charge is 2.41. The van der Waals surface area contributed by atoms with Gasteiger partial charge >= 0.3 is 35.8 Å². The molecule has 226 valence electrons. The molecule has 1 aliphatic rings. The second kappa shape index (κ2) is 13.1. The van der Waals surface area contributed by atoms with Crippen LogP contribution < -0.4 is 23.7 Å². The lowest BCUT2D eigenvalue weighted by molar-refractivity contribution is -0.155. The smallest absolute Gasteiger partial charge is 0.347 e. The highest BCUT2D eigenvalue weighted by atomic mass is 16.6. The third-order valence-corrected chi connectivity index (χ3v) is 6.21. The second-order valence-corrected chi connectivity index (χ2v) is 9.63. The first-order chi connectivity index (χ1) is 19.4. The van der Waals surface area contributed by atoms with E-state index in [9.17, 15) is 33.9 Å². The number of carboxylic acids is 2. The Bertz CT molecular complexity index is 1430. The van der Waals surface area contributed by atoms with E-state index in [1.54, 1.807) is 6.92 Å². The van der Waals surface area contributed by atoms with Gasteiger partial charge in [-0.3, -0.25) is 19.2 Å². The molecule has 13 heteroatoms. The molecule has 42 heavy (non-hydrogen) atoms. The molecule has 1 heterocycles. The first kappa shape index (κ1) is 33.3. The Morgan fingerprint density at radius 2 is 1.17 bits per heavy atom. The van der Waals surface area contributed by atoms with Crippen molar-refractivity contribution >= 4 is 35.8 Å². The second-order valence-electron chi connectivity index (χ2n) is 9.63. The maximum atomic E-state index is 11.4. The molecule has 0 saturated heterocycles. The minimum Gasteiger partial charge on any atom is -0.478 e. The summed E-state index contributed by atoms with van der Waals surface area (Å²) in [5, 5.41) is 18.3. The molecule has 1 atom stereocenters. The van der Waals surface area contributed by atoms with Gasteiger partial charge in [-0.1, -0.05) is 0 Å². The van der Waals surface area contributed by atoms with Crippen molar-refractivity contribution in [1.29, 1.82) is 0 Å². The highest BCUT2D eigenvalue weighted by molar-refractivity contribution is 5.91. The van der Waals surface area contributed by atoms with Gasteiger partial charge in [0, 0.05) is 39.7 Å². The summed E-state index contributed by atoms with van der Waals surface area (Å²) in [5.74, 6) is -4.83. The molecule has 0 bridgehead atoms. The van der Waals surface area contributed by atoms with Gasteiger partial charge in [-0.15, -0.1) is 0 Å². The summed E-state index contributed by atoms with van der Waals surface area (Å²) in [7, 11) is 0. The molecule has 0 saturated carbocycles. The number of aromatic carboxylic acids is 1. The van der Waals surface area contributed by atoms with Gasteiger partial charge in [-0.05, 0) is 62.9 Å². The van der Waals surface area contributed by atoms with Gasteiger partial charge in [-0.2, -0.15) is 0 Å². The van der Waals surface area contributed by atoms with Crippen LogP contribution in [-0.4, -0.2) is 51.6 Å². The number of carbonyl (C=O) groups is 6. The fraction of sp³-hybridized carbons (Fsp3) is 0.379. The van der Waals surface area contributed by atoms with Crippen molar-refractivity contribution in [3.05, 3.63) is 39.9 Å². The molecule has 0 fully saturated rings. The summed E-state index contributed by atoms with van der Waals surface area (Å²) in [5.41, 5.74) is 1.87. The van der Waals surface area contributed by atoms with Crippen LogP contribution in [0.5, 0.6) is 28.7 Å². The van der Waals surface area contributed by atoms with Crippen molar-refractivity contribution in [2.45, 2.75) is 73.8 Å². The first-order valence-electron chi connectivity index (χ1n) is 12.6. The molecule has 0 spiro atoms. The van der Waals surface area contributed by atoms with Gasteiger partial charge in [0.05, 0.1) is 5.56 Å². The summed E-state index contributed by atoms with van der Waals surface area (Å²) in [4.78, 5) is 66.8. The largest absolute Gasteiger partial charge is 0.478 e. The molecule has 1 unspecified atom stereocenters. The van der Waals surface area contributed by atoms with E-state index < -0.39 is 35.4 Å². The van der Waals surface area contributed by atoms with Crippen LogP contribution in [0.4, 0.5) is 0 Å². The van der Waals surface area contributed by atoms with Crippen LogP contribution >= 0.6 is 0 Å². The Kier molecular flexibility index (Phi) is 10.4. The summed E-state index contributed by atoms with van der Waals surface area (Å²) in [6.45, 7) is 11.8. The van der Waals surface area contributed by atoms with Crippen molar-refractivity contribution in [1.82, 2.24) is 0 Å². The van der Waals surface area contributed by atoms with E-state index in [0.29, 0.717) is 24.3 Å². The van der Waals surface area contributed by atoms with E-state index in [-0.39, 0.29) is 28.8 Å². The molecule has 0 amide bonds. The predicted octanol–water partition coefficient (Wildman–Crippen LogP) is 3.87. The Balaban J connectivity index is 0.000000293. The number of esters is 4. The quantitative estimate of drug-likeness (QED) is 0.366. The van der Waals surface area contributed by atoms with Gasteiger partial charge in [0.2, 0.25) is 11.4 Å². The summed E-state index contributed by atoms with van der Waals surface area (Å²) >= 11 is 0. The fourth-order valence-electron chi connectivity index (χ4n) is 4.09. The number of carbonyl (C=O) groups excluding carboxylic acids is 4. The average molecular weight is 589 g/mol. The van der Waals surface area contributed by atoms with Crippen molar-refractivity contribution in [3.8, 4) is 28.7 Å². The molecule has 0 radical (unpaired) electrons. The van der Waals surface area contributed by atoms with E-state index in [2.05, 4.69) is 0 Å². The summed E-state index contributed by atoms with van der Waals surface area (Å²) in [6.07, 6.45) is 0.970. The van der Waals surface area contributed by atoms with Crippen molar-refractivity contribution in [2.75, 3.05) is 0 Å². The van der Waals surface area contributed by atoms with Crippen molar-refractivity contribution in [2.24, 2.45) is 0 Å². The van der Waals surface area contributed by atoms with Gasteiger partial charge in [0.25, 0.3) is 0 Å². The number of fused-ring (bicyclic) bond motifs is 1. The number of hydrogen-bond donors (Lipinski definition) is 2. The number of benzene rings is 2. The van der Waals surface area contributed by atoms with Crippen LogP contribution in [0.3, 0.4) is 0 Å². The molecule has 0 aromatic heterocycles. The minimum atomic E-state index is -1.34. The molecule has 2 N–H and O–H groups in total. The standard InChI is InChI=1S/C16H20O5.C13H12O8/c1-8-9(2)14-12(10(3)13(8)20-11(4)17)6-7-16(5,21-14)15(18)19;1-6(14)19-10-4-9(13(17)18)5-11(20-7(2)15)12(10)21-8(3)16/h6-7H2,1-5H3,(H,18,19);4-5H,1-3H3,(H,17,18). The lowest BCUT2D eigenvalue weighted by atomic mass is 9.87. The predicted molar refractivity (Wildman–Crippen MR) is 144 cm³/mol. The third-order valence-electron chi connectivity index (χ3n) is 6.21. The number of aliphatic carboxylic acids is 1. The molecular weight excluding hydrogens is 556 g/mol. The van der Waals surface area contributed by atoms with E-state index in [0.717, 1.165) is 55.2 Å². The van der Waals surface area contributed by atoms with E-state index in [1.807, 2.05) is 20.8 Å². The fourth-order valence-corrected chi connectivity index (χ4v) is 4.09. The van der Waals surface area contributed by atoms with Crippen LogP contribution in [0.25, 0.3) is 0 Å². The number of hydrogen-bond acceptors (Lipinski definition) is 11. The van der Waals surface area contributed by atoms with Crippen LogP contribution in [0.2, 0.25) is 0 Å². The summed E-state index contributed by atoms with van der Waals surface area (Å²) < 4.78 is 25.5. The zero-order valence-corrected chi connectivity index (χ0v) is 24.5. The molecule has 2 aromatic carbocycles. The van der Waals surface area contributed by atoms with Crippen molar-refractivity contribution in [3.63, 3.8) is 0 Å². The Morgan fingerprint density at radius 3 is 1.57 bits per heavy atom. The van der Waals surface area contributed by atoms with Crippen LogP contribution in [0.1, 0.15) is 73.7 Å². The van der Waals surface area contributed by atoms with Gasteiger partial charge in [-0.25, -0.2) is 9.59 Å². The van der Waals surface area contributed by atoms with E-state index in [4.69, 9.17) is 28.8 Å². The monoisotopic (exact) mass is 588 g/mol. The number of ether oxygens (including phenoxy) is 5. The Labute approximate surface area is 241 Å².